The molecule has 0 aliphatic heterocycles. The van der Waals surface area contributed by atoms with Crippen LogP contribution in [0.4, 0.5) is 4.39 Å². The molecule has 5 nitrogen and oxygen atoms in total. The van der Waals surface area contributed by atoms with Crippen LogP contribution in [-0.4, -0.2) is 42.4 Å². The van der Waals surface area contributed by atoms with E-state index in [1.54, 1.807) is 12.1 Å². The number of nitrogens with one attached hydrogen (secondary N) is 2. The van der Waals surface area contributed by atoms with Crippen molar-refractivity contribution in [2.45, 2.75) is 44.9 Å². The van der Waals surface area contributed by atoms with Crippen LogP contribution in [0.15, 0.2) is 24.3 Å². The van der Waals surface area contributed by atoms with E-state index in [4.69, 9.17) is 4.74 Å². The number of carbonyl (C=O) groups is 1. The van der Waals surface area contributed by atoms with Gasteiger partial charge in [-0.3, -0.25) is 4.79 Å². The molecule has 128 valence electrons. The second-order valence-corrected chi connectivity index (χ2v) is 6.29. The molecule has 6 heteroatoms. The Morgan fingerprint density at radius 2 is 2.22 bits per heavy atom. The zero-order valence-corrected chi connectivity index (χ0v) is 13.6. The van der Waals surface area contributed by atoms with Crippen LogP contribution in [0.25, 0.3) is 0 Å². The Hall–Kier alpha value is -1.66. The number of aliphatic hydroxyl groups excluding tert-OH is 1. The quantitative estimate of drug-likeness (QED) is 0.710. The summed E-state index contributed by atoms with van der Waals surface area (Å²) in [6.07, 6.45) is 0.550. The van der Waals surface area contributed by atoms with Crippen molar-refractivity contribution >= 4 is 5.91 Å². The number of rotatable bonds is 7. The molecular weight excluding hydrogens is 299 g/mol. The van der Waals surface area contributed by atoms with Crippen molar-refractivity contribution in [3.8, 4) is 5.75 Å². The van der Waals surface area contributed by atoms with Crippen molar-refractivity contribution in [3.63, 3.8) is 0 Å². The van der Waals surface area contributed by atoms with Gasteiger partial charge in [-0.05, 0) is 38.8 Å². The number of carbonyl (C=O) groups excluding carboxylic acids is 1. The van der Waals surface area contributed by atoms with Crippen LogP contribution in [0.5, 0.6) is 5.75 Å². The summed E-state index contributed by atoms with van der Waals surface area (Å²) in [4.78, 5) is 11.5. The lowest BCUT2D eigenvalue weighted by Gasteiger charge is -2.21. The van der Waals surface area contributed by atoms with E-state index >= 15 is 0 Å². The highest BCUT2D eigenvalue weighted by Gasteiger charge is 2.36. The van der Waals surface area contributed by atoms with Crippen LogP contribution in [0.3, 0.4) is 0 Å². The molecule has 0 saturated heterocycles. The molecule has 1 aromatic carbocycles. The van der Waals surface area contributed by atoms with Gasteiger partial charge in [0.1, 0.15) is 17.7 Å². The van der Waals surface area contributed by atoms with Crippen LogP contribution in [0.1, 0.15) is 26.7 Å². The standard InChI is InChI=1S/C17H25FN2O3/c1-11(2)20-16(21)10-19-9-12-6-7-15(17(12)22)23-14-5-3-4-13(18)8-14/h3-5,8,11-12,15,17,19,22H,6-7,9-10H2,1-2H3,(H,20,21)/t12-,15-,17-/m1/s1. The first-order valence-electron chi connectivity index (χ1n) is 8.06. The highest BCUT2D eigenvalue weighted by molar-refractivity contribution is 5.78. The SMILES string of the molecule is CC(C)NC(=O)CNC[C@H]1CC[C@@H](Oc2cccc(F)c2)[C@@H]1O. The summed E-state index contributed by atoms with van der Waals surface area (Å²) in [6.45, 7) is 4.60. The van der Waals surface area contributed by atoms with Crippen molar-refractivity contribution in [2.24, 2.45) is 5.92 Å². The summed E-state index contributed by atoms with van der Waals surface area (Å²) in [7, 11) is 0. The number of ether oxygens (including phenoxy) is 1. The van der Waals surface area contributed by atoms with Crippen LogP contribution < -0.4 is 15.4 Å². The predicted molar refractivity (Wildman–Crippen MR) is 85.7 cm³/mol. The summed E-state index contributed by atoms with van der Waals surface area (Å²) >= 11 is 0. The molecule has 3 N–H and O–H groups in total. The number of aliphatic hydroxyl groups is 1. The summed E-state index contributed by atoms with van der Waals surface area (Å²) in [5.41, 5.74) is 0. The van der Waals surface area contributed by atoms with E-state index in [1.165, 1.54) is 12.1 Å². The normalized spacial score (nSPS) is 24.0. The second kappa shape index (κ2) is 8.26. The number of halogens is 1. The van der Waals surface area contributed by atoms with Gasteiger partial charge in [-0.15, -0.1) is 0 Å². The second-order valence-electron chi connectivity index (χ2n) is 6.29. The minimum Gasteiger partial charge on any atom is -0.488 e. The minimum atomic E-state index is -0.626. The van der Waals surface area contributed by atoms with E-state index < -0.39 is 6.10 Å². The highest BCUT2D eigenvalue weighted by atomic mass is 19.1. The molecular formula is C17H25FN2O3. The van der Waals surface area contributed by atoms with Gasteiger partial charge in [-0.1, -0.05) is 6.07 Å². The number of benzene rings is 1. The molecule has 1 aliphatic carbocycles. The molecule has 1 aromatic rings. The van der Waals surface area contributed by atoms with Crippen LogP contribution >= 0.6 is 0 Å². The molecule has 0 heterocycles. The summed E-state index contributed by atoms with van der Waals surface area (Å²) in [6, 6.07) is 6.04. The average Bonchev–Trinajstić information content (AvgIpc) is 2.80. The molecule has 0 bridgehead atoms. The number of amides is 1. The molecule has 0 aromatic heterocycles. The van der Waals surface area contributed by atoms with Crippen LogP contribution in [0, 0.1) is 11.7 Å². The molecule has 1 aliphatic rings. The van der Waals surface area contributed by atoms with E-state index in [2.05, 4.69) is 10.6 Å². The minimum absolute atomic E-state index is 0.0282. The first-order chi connectivity index (χ1) is 11.0. The van der Waals surface area contributed by atoms with Crippen molar-refractivity contribution in [1.82, 2.24) is 10.6 Å². The molecule has 0 radical (unpaired) electrons. The lowest BCUT2D eigenvalue weighted by atomic mass is 10.1. The monoisotopic (exact) mass is 324 g/mol. The number of hydrogen-bond donors (Lipinski definition) is 3. The molecule has 1 saturated carbocycles. The maximum absolute atomic E-state index is 13.2. The smallest absolute Gasteiger partial charge is 0.234 e. The zero-order valence-electron chi connectivity index (χ0n) is 13.6. The van der Waals surface area contributed by atoms with E-state index in [0.717, 1.165) is 6.42 Å². The summed E-state index contributed by atoms with van der Waals surface area (Å²) in [5.74, 6) is 0.0452. The Kier molecular flexibility index (Phi) is 6.36. The van der Waals surface area contributed by atoms with Gasteiger partial charge < -0.3 is 20.5 Å². The molecule has 0 unspecified atom stereocenters. The van der Waals surface area contributed by atoms with Gasteiger partial charge in [0, 0.05) is 24.6 Å². The van der Waals surface area contributed by atoms with E-state index in [-0.39, 0.29) is 36.3 Å². The topological polar surface area (TPSA) is 70.6 Å². The fourth-order valence-electron chi connectivity index (χ4n) is 2.83. The Labute approximate surface area is 136 Å². The maximum atomic E-state index is 13.2. The van der Waals surface area contributed by atoms with Gasteiger partial charge in [0.25, 0.3) is 0 Å². The predicted octanol–water partition coefficient (Wildman–Crippen LogP) is 1.46. The Morgan fingerprint density at radius 3 is 2.91 bits per heavy atom. The van der Waals surface area contributed by atoms with E-state index in [1.807, 2.05) is 13.8 Å². The van der Waals surface area contributed by atoms with Gasteiger partial charge in [0.05, 0.1) is 12.6 Å². The van der Waals surface area contributed by atoms with Crippen molar-refractivity contribution < 1.29 is 19.0 Å². The van der Waals surface area contributed by atoms with Gasteiger partial charge in [0.15, 0.2) is 0 Å². The Balaban J connectivity index is 1.75. The van der Waals surface area contributed by atoms with Crippen molar-refractivity contribution in [1.29, 1.82) is 0 Å². The van der Waals surface area contributed by atoms with E-state index in [0.29, 0.717) is 18.7 Å². The lowest BCUT2D eigenvalue weighted by Crippen LogP contribution is -2.41. The highest BCUT2D eigenvalue weighted by Crippen LogP contribution is 2.29. The van der Waals surface area contributed by atoms with Crippen LogP contribution in [0.2, 0.25) is 0 Å². The van der Waals surface area contributed by atoms with Gasteiger partial charge in [-0.25, -0.2) is 4.39 Å². The van der Waals surface area contributed by atoms with E-state index in [9.17, 15) is 14.3 Å². The summed E-state index contributed by atoms with van der Waals surface area (Å²) in [5, 5.41) is 16.2. The van der Waals surface area contributed by atoms with Gasteiger partial charge in [-0.2, -0.15) is 0 Å². The van der Waals surface area contributed by atoms with Crippen LogP contribution in [-0.2, 0) is 4.79 Å². The van der Waals surface area contributed by atoms with Crippen molar-refractivity contribution in [2.75, 3.05) is 13.1 Å². The molecule has 2 rings (SSSR count). The number of hydrogen-bond acceptors (Lipinski definition) is 4. The lowest BCUT2D eigenvalue weighted by molar-refractivity contribution is -0.120. The van der Waals surface area contributed by atoms with Crippen molar-refractivity contribution in [3.05, 3.63) is 30.1 Å². The zero-order chi connectivity index (χ0) is 16.8. The largest absolute Gasteiger partial charge is 0.488 e. The van der Waals surface area contributed by atoms with Gasteiger partial charge in [0.2, 0.25) is 5.91 Å². The third-order valence-corrected chi connectivity index (χ3v) is 3.91. The molecule has 1 fully saturated rings. The Morgan fingerprint density at radius 1 is 1.43 bits per heavy atom. The van der Waals surface area contributed by atoms with Gasteiger partial charge >= 0.3 is 0 Å². The fourth-order valence-corrected chi connectivity index (χ4v) is 2.83. The molecule has 23 heavy (non-hydrogen) atoms. The summed E-state index contributed by atoms with van der Waals surface area (Å²) < 4.78 is 18.8. The maximum Gasteiger partial charge on any atom is 0.234 e. The molecule has 3 atom stereocenters. The third kappa shape index (κ3) is 5.48. The molecule has 1 amide bonds. The average molecular weight is 324 g/mol. The Bertz CT molecular complexity index is 524. The first-order valence-corrected chi connectivity index (χ1v) is 8.06. The third-order valence-electron chi connectivity index (χ3n) is 3.91. The fraction of sp³-hybridized carbons (Fsp3) is 0.588. The first kappa shape index (κ1) is 17.7. The molecule has 0 spiro atoms.